The molecule has 7 heteroatoms. The standard InChI is InChI=1S/C19H27N5O2/c1-15(23-7-11-25-12-8-23)16-3-5-17(6-4-16)18-20-19(22(2)21-18)24-9-13-26-14-10-24/h3-6,15H,7-14H2,1-2H3/t15-/m1/s1. The molecule has 0 N–H and O–H groups in total. The van der Waals surface area contributed by atoms with Crippen LogP contribution in [-0.2, 0) is 16.5 Å². The molecular weight excluding hydrogens is 330 g/mol. The van der Waals surface area contributed by atoms with E-state index in [1.165, 1.54) is 5.56 Å². The van der Waals surface area contributed by atoms with Crippen LogP contribution >= 0.6 is 0 Å². The van der Waals surface area contributed by atoms with Crippen LogP contribution in [0.15, 0.2) is 24.3 Å². The molecule has 2 aliphatic heterocycles. The fraction of sp³-hybridized carbons (Fsp3) is 0.579. The molecule has 1 aromatic heterocycles. The zero-order chi connectivity index (χ0) is 17.9. The first-order valence-electron chi connectivity index (χ1n) is 9.38. The van der Waals surface area contributed by atoms with Gasteiger partial charge in [-0.1, -0.05) is 24.3 Å². The van der Waals surface area contributed by atoms with E-state index in [9.17, 15) is 0 Å². The van der Waals surface area contributed by atoms with Crippen molar-refractivity contribution in [3.63, 3.8) is 0 Å². The number of hydrogen-bond donors (Lipinski definition) is 0. The predicted octanol–water partition coefficient (Wildman–Crippen LogP) is 1.71. The maximum atomic E-state index is 5.45. The maximum Gasteiger partial charge on any atom is 0.224 e. The zero-order valence-corrected chi connectivity index (χ0v) is 15.6. The molecule has 140 valence electrons. The Morgan fingerprint density at radius 3 is 2.19 bits per heavy atom. The topological polar surface area (TPSA) is 55.7 Å². The van der Waals surface area contributed by atoms with Crippen molar-refractivity contribution in [3.8, 4) is 11.4 Å². The molecular formula is C19H27N5O2. The molecule has 0 radical (unpaired) electrons. The number of hydrogen-bond acceptors (Lipinski definition) is 6. The monoisotopic (exact) mass is 357 g/mol. The average Bonchev–Trinajstić information content (AvgIpc) is 3.10. The molecule has 0 spiro atoms. The van der Waals surface area contributed by atoms with Gasteiger partial charge in [-0.3, -0.25) is 4.90 Å². The van der Waals surface area contributed by atoms with Crippen LogP contribution in [0.5, 0.6) is 0 Å². The molecule has 0 aliphatic carbocycles. The number of morpholine rings is 2. The molecule has 2 fully saturated rings. The summed E-state index contributed by atoms with van der Waals surface area (Å²) in [5.41, 5.74) is 2.37. The highest BCUT2D eigenvalue weighted by Gasteiger charge is 2.20. The largest absolute Gasteiger partial charge is 0.379 e. The average molecular weight is 357 g/mol. The summed E-state index contributed by atoms with van der Waals surface area (Å²) in [6, 6.07) is 9.05. The Bertz CT molecular complexity index is 718. The highest BCUT2D eigenvalue weighted by molar-refractivity contribution is 5.57. The molecule has 2 aliphatic rings. The van der Waals surface area contributed by atoms with E-state index in [2.05, 4.69) is 46.1 Å². The van der Waals surface area contributed by atoms with E-state index in [4.69, 9.17) is 14.5 Å². The molecule has 26 heavy (non-hydrogen) atoms. The second-order valence-electron chi connectivity index (χ2n) is 6.90. The molecule has 0 bridgehead atoms. The summed E-state index contributed by atoms with van der Waals surface area (Å²) in [5.74, 6) is 1.69. The van der Waals surface area contributed by atoms with Gasteiger partial charge in [0.25, 0.3) is 0 Å². The summed E-state index contributed by atoms with van der Waals surface area (Å²) in [6.45, 7) is 9.11. The van der Waals surface area contributed by atoms with Crippen LogP contribution in [0, 0.1) is 0 Å². The van der Waals surface area contributed by atoms with Crippen molar-refractivity contribution in [2.75, 3.05) is 57.5 Å². The molecule has 1 atom stereocenters. The Kier molecular flexibility index (Phi) is 5.19. The van der Waals surface area contributed by atoms with Gasteiger partial charge in [0.1, 0.15) is 0 Å². The van der Waals surface area contributed by atoms with Crippen molar-refractivity contribution in [2.45, 2.75) is 13.0 Å². The van der Waals surface area contributed by atoms with Gasteiger partial charge < -0.3 is 14.4 Å². The summed E-state index contributed by atoms with van der Waals surface area (Å²) in [5, 5.41) is 4.62. The van der Waals surface area contributed by atoms with Gasteiger partial charge in [-0.05, 0) is 12.5 Å². The number of aromatic nitrogens is 3. The Morgan fingerprint density at radius 2 is 1.54 bits per heavy atom. The third kappa shape index (κ3) is 3.60. The van der Waals surface area contributed by atoms with Crippen molar-refractivity contribution in [2.24, 2.45) is 7.05 Å². The van der Waals surface area contributed by atoms with Crippen molar-refractivity contribution in [1.29, 1.82) is 0 Å². The fourth-order valence-corrected chi connectivity index (χ4v) is 3.62. The first-order chi connectivity index (χ1) is 12.7. The Hall–Kier alpha value is -1.96. The van der Waals surface area contributed by atoms with Crippen LogP contribution in [0.3, 0.4) is 0 Å². The first kappa shape index (κ1) is 17.5. The minimum atomic E-state index is 0.397. The Labute approximate surface area is 154 Å². The molecule has 3 heterocycles. The van der Waals surface area contributed by atoms with Gasteiger partial charge in [-0.15, -0.1) is 5.10 Å². The second-order valence-corrected chi connectivity index (χ2v) is 6.90. The number of benzene rings is 1. The molecule has 0 saturated carbocycles. The van der Waals surface area contributed by atoms with Crippen molar-refractivity contribution >= 4 is 5.95 Å². The van der Waals surface area contributed by atoms with Crippen LogP contribution in [0.2, 0.25) is 0 Å². The number of rotatable bonds is 4. The van der Waals surface area contributed by atoms with Crippen molar-refractivity contribution in [1.82, 2.24) is 19.7 Å². The normalized spacial score (nSPS) is 20.3. The number of anilines is 1. The van der Waals surface area contributed by atoms with E-state index in [-0.39, 0.29) is 0 Å². The van der Waals surface area contributed by atoms with Crippen LogP contribution in [-0.4, -0.2) is 72.3 Å². The van der Waals surface area contributed by atoms with E-state index in [0.717, 1.165) is 69.9 Å². The zero-order valence-electron chi connectivity index (χ0n) is 15.6. The van der Waals surface area contributed by atoms with Gasteiger partial charge in [-0.2, -0.15) is 4.98 Å². The molecule has 7 nitrogen and oxygen atoms in total. The van der Waals surface area contributed by atoms with E-state index in [1.807, 2.05) is 11.7 Å². The summed E-state index contributed by atoms with van der Waals surface area (Å²) in [7, 11) is 1.95. The van der Waals surface area contributed by atoms with E-state index in [1.54, 1.807) is 0 Å². The molecule has 2 saturated heterocycles. The predicted molar refractivity (Wildman–Crippen MR) is 100 cm³/mol. The molecule has 1 aromatic carbocycles. The molecule has 0 amide bonds. The third-order valence-electron chi connectivity index (χ3n) is 5.28. The van der Waals surface area contributed by atoms with Gasteiger partial charge >= 0.3 is 0 Å². The lowest BCUT2D eigenvalue weighted by atomic mass is 10.0. The lowest BCUT2D eigenvalue weighted by molar-refractivity contribution is 0.0198. The smallest absolute Gasteiger partial charge is 0.224 e. The summed E-state index contributed by atoms with van der Waals surface area (Å²) < 4.78 is 12.7. The van der Waals surface area contributed by atoms with Crippen molar-refractivity contribution in [3.05, 3.63) is 29.8 Å². The van der Waals surface area contributed by atoms with E-state index in [0.29, 0.717) is 6.04 Å². The minimum absolute atomic E-state index is 0.397. The SMILES string of the molecule is C[C@H](c1ccc(-c2nc(N3CCOCC3)n(C)n2)cc1)N1CCOCC1. The maximum absolute atomic E-state index is 5.45. The summed E-state index contributed by atoms with van der Waals surface area (Å²) in [4.78, 5) is 9.46. The number of ether oxygens (including phenoxy) is 2. The minimum Gasteiger partial charge on any atom is -0.379 e. The van der Waals surface area contributed by atoms with Crippen LogP contribution < -0.4 is 4.90 Å². The quantitative estimate of drug-likeness (QED) is 0.830. The highest BCUT2D eigenvalue weighted by atomic mass is 16.5. The van der Waals surface area contributed by atoms with Gasteiger partial charge in [0, 0.05) is 44.8 Å². The molecule has 4 rings (SSSR count). The summed E-state index contributed by atoms with van der Waals surface area (Å²) >= 11 is 0. The van der Waals surface area contributed by atoms with Gasteiger partial charge in [0.15, 0.2) is 5.82 Å². The fourth-order valence-electron chi connectivity index (χ4n) is 3.62. The lowest BCUT2D eigenvalue weighted by Crippen LogP contribution is -2.37. The van der Waals surface area contributed by atoms with Crippen molar-refractivity contribution < 1.29 is 9.47 Å². The van der Waals surface area contributed by atoms with Crippen LogP contribution in [0.4, 0.5) is 5.95 Å². The number of aryl methyl sites for hydroxylation is 1. The van der Waals surface area contributed by atoms with E-state index < -0.39 is 0 Å². The number of nitrogens with zero attached hydrogens (tertiary/aromatic N) is 5. The summed E-state index contributed by atoms with van der Waals surface area (Å²) in [6.07, 6.45) is 0. The Balaban J connectivity index is 1.49. The lowest BCUT2D eigenvalue weighted by Gasteiger charge is -2.32. The van der Waals surface area contributed by atoms with E-state index >= 15 is 0 Å². The first-order valence-corrected chi connectivity index (χ1v) is 9.38. The highest BCUT2D eigenvalue weighted by Crippen LogP contribution is 2.25. The van der Waals surface area contributed by atoms with Crippen LogP contribution in [0.1, 0.15) is 18.5 Å². The molecule has 0 unspecified atom stereocenters. The van der Waals surface area contributed by atoms with Gasteiger partial charge in [0.05, 0.1) is 26.4 Å². The second kappa shape index (κ2) is 7.73. The van der Waals surface area contributed by atoms with Crippen LogP contribution in [0.25, 0.3) is 11.4 Å². The molecule has 2 aromatic rings. The Morgan fingerprint density at radius 1 is 0.923 bits per heavy atom. The van der Waals surface area contributed by atoms with Gasteiger partial charge in [0.2, 0.25) is 5.95 Å². The third-order valence-corrected chi connectivity index (χ3v) is 5.28. The van der Waals surface area contributed by atoms with Gasteiger partial charge in [-0.25, -0.2) is 4.68 Å².